The Morgan fingerprint density at radius 2 is 1.74 bits per heavy atom. The van der Waals surface area contributed by atoms with Gasteiger partial charge in [0.05, 0.1) is 5.56 Å². The van der Waals surface area contributed by atoms with Crippen LogP contribution < -0.4 is 11.1 Å². The molecule has 0 fully saturated rings. The predicted molar refractivity (Wildman–Crippen MR) is 89.0 cm³/mol. The lowest BCUT2D eigenvalue weighted by Crippen LogP contribution is -2.31. The van der Waals surface area contributed by atoms with Crippen LogP contribution in [0.2, 0.25) is 0 Å². The Labute approximate surface area is 135 Å². The molecule has 0 heterocycles. The molecule has 0 aliphatic rings. The van der Waals surface area contributed by atoms with Gasteiger partial charge in [-0.15, -0.1) is 0 Å². The number of hydrogen-bond acceptors (Lipinski definition) is 4. The normalized spacial score (nSPS) is 11.5. The Bertz CT molecular complexity index is 654. The highest BCUT2D eigenvalue weighted by molar-refractivity contribution is 5.91. The summed E-state index contributed by atoms with van der Waals surface area (Å²) in [5.74, 6) is -0.680. The maximum atomic E-state index is 11.8. The second-order valence-electron chi connectivity index (χ2n) is 5.31. The number of nitrogens with one attached hydrogen (secondary N) is 1. The molecule has 2 aromatic carbocycles. The molecule has 0 saturated heterocycles. The summed E-state index contributed by atoms with van der Waals surface area (Å²) in [6, 6.07) is 16.2. The number of amides is 1. The third-order valence-corrected chi connectivity index (χ3v) is 3.45. The van der Waals surface area contributed by atoms with Crippen molar-refractivity contribution < 1.29 is 14.3 Å². The van der Waals surface area contributed by atoms with Gasteiger partial charge in [-0.1, -0.05) is 37.3 Å². The highest BCUT2D eigenvalue weighted by Crippen LogP contribution is 2.13. The molecule has 0 aromatic heterocycles. The van der Waals surface area contributed by atoms with Gasteiger partial charge in [-0.05, 0) is 35.7 Å². The molecule has 5 nitrogen and oxygen atoms in total. The smallest absolute Gasteiger partial charge is 0.338 e. The van der Waals surface area contributed by atoms with Crippen LogP contribution in [0.5, 0.6) is 0 Å². The molecule has 120 valence electrons. The fraction of sp³-hybridized carbons (Fsp3) is 0.222. The Balaban J connectivity index is 1.75. The number of hydrogen-bond donors (Lipinski definition) is 2. The van der Waals surface area contributed by atoms with E-state index in [4.69, 9.17) is 10.5 Å². The molecule has 0 saturated carbocycles. The van der Waals surface area contributed by atoms with E-state index in [9.17, 15) is 9.59 Å². The number of benzene rings is 2. The van der Waals surface area contributed by atoms with Crippen LogP contribution in [0.1, 0.15) is 28.8 Å². The molecule has 0 spiro atoms. The van der Waals surface area contributed by atoms with Crippen molar-refractivity contribution in [1.29, 1.82) is 0 Å². The third kappa shape index (κ3) is 5.14. The van der Waals surface area contributed by atoms with Crippen molar-refractivity contribution in [3.63, 3.8) is 0 Å². The number of ether oxygens (including phenoxy) is 1. The lowest BCUT2D eigenvalue weighted by molar-refractivity contribution is -0.124. The monoisotopic (exact) mass is 312 g/mol. The standard InChI is InChI=1S/C18H20N2O3/c1-13(14-5-3-2-4-6-14)11-20-17(21)12-23-18(22)15-7-9-16(19)10-8-15/h2-10,13H,11-12,19H2,1H3,(H,20,21)/t13-/m0/s1. The molecule has 5 heteroatoms. The SMILES string of the molecule is C[C@@H](CNC(=O)COC(=O)c1ccc(N)cc1)c1ccccc1. The zero-order chi connectivity index (χ0) is 16.7. The van der Waals surface area contributed by atoms with Crippen LogP contribution in [0.15, 0.2) is 54.6 Å². The molecule has 1 amide bonds. The Morgan fingerprint density at radius 1 is 1.09 bits per heavy atom. The van der Waals surface area contributed by atoms with Crippen LogP contribution in [0.3, 0.4) is 0 Å². The van der Waals surface area contributed by atoms with Crippen LogP contribution in [-0.4, -0.2) is 25.0 Å². The zero-order valence-electron chi connectivity index (χ0n) is 13.0. The van der Waals surface area contributed by atoms with E-state index >= 15 is 0 Å². The molecule has 0 bridgehead atoms. The largest absolute Gasteiger partial charge is 0.452 e. The first-order valence-electron chi connectivity index (χ1n) is 7.40. The Kier molecular flexibility index (Phi) is 5.74. The molecule has 2 rings (SSSR count). The third-order valence-electron chi connectivity index (χ3n) is 3.45. The average Bonchev–Trinajstić information content (AvgIpc) is 2.59. The number of carbonyl (C=O) groups excluding carboxylic acids is 2. The van der Waals surface area contributed by atoms with Crippen molar-refractivity contribution in [3.05, 3.63) is 65.7 Å². The van der Waals surface area contributed by atoms with Gasteiger partial charge in [0, 0.05) is 12.2 Å². The van der Waals surface area contributed by atoms with E-state index < -0.39 is 5.97 Å². The topological polar surface area (TPSA) is 81.4 Å². The van der Waals surface area contributed by atoms with E-state index in [-0.39, 0.29) is 18.4 Å². The average molecular weight is 312 g/mol. The van der Waals surface area contributed by atoms with Crippen molar-refractivity contribution in [2.75, 3.05) is 18.9 Å². The fourth-order valence-electron chi connectivity index (χ4n) is 2.05. The van der Waals surface area contributed by atoms with Crippen molar-refractivity contribution in [2.24, 2.45) is 0 Å². The van der Waals surface area contributed by atoms with E-state index in [2.05, 4.69) is 5.32 Å². The molecule has 3 N–H and O–H groups in total. The van der Waals surface area contributed by atoms with Gasteiger partial charge in [-0.25, -0.2) is 4.79 Å². The van der Waals surface area contributed by atoms with Gasteiger partial charge >= 0.3 is 5.97 Å². The summed E-state index contributed by atoms with van der Waals surface area (Å²) in [5.41, 5.74) is 7.62. The number of anilines is 1. The van der Waals surface area contributed by atoms with E-state index in [1.165, 1.54) is 0 Å². The van der Waals surface area contributed by atoms with Gasteiger partial charge in [0.25, 0.3) is 5.91 Å². The summed E-state index contributed by atoms with van der Waals surface area (Å²) in [6.07, 6.45) is 0. The summed E-state index contributed by atoms with van der Waals surface area (Å²) >= 11 is 0. The van der Waals surface area contributed by atoms with E-state index in [0.29, 0.717) is 17.8 Å². The quantitative estimate of drug-likeness (QED) is 0.633. The summed E-state index contributed by atoms with van der Waals surface area (Å²) in [5, 5.41) is 2.76. The number of nitrogens with two attached hydrogens (primary N) is 1. The van der Waals surface area contributed by atoms with Crippen molar-refractivity contribution in [1.82, 2.24) is 5.32 Å². The predicted octanol–water partition coefficient (Wildman–Crippen LogP) is 2.35. The maximum absolute atomic E-state index is 11.8. The molecule has 23 heavy (non-hydrogen) atoms. The Hall–Kier alpha value is -2.82. The molecular weight excluding hydrogens is 292 g/mol. The van der Waals surface area contributed by atoms with Crippen LogP contribution in [0.4, 0.5) is 5.69 Å². The summed E-state index contributed by atoms with van der Waals surface area (Å²) in [4.78, 5) is 23.5. The second-order valence-corrected chi connectivity index (χ2v) is 5.31. The van der Waals surface area contributed by atoms with Crippen LogP contribution in [0, 0.1) is 0 Å². The first kappa shape index (κ1) is 16.5. The first-order chi connectivity index (χ1) is 11.1. The van der Waals surface area contributed by atoms with Gasteiger partial charge < -0.3 is 15.8 Å². The molecule has 0 radical (unpaired) electrons. The van der Waals surface area contributed by atoms with Crippen molar-refractivity contribution in [2.45, 2.75) is 12.8 Å². The van der Waals surface area contributed by atoms with Crippen LogP contribution in [0.25, 0.3) is 0 Å². The van der Waals surface area contributed by atoms with E-state index in [0.717, 1.165) is 5.56 Å². The van der Waals surface area contributed by atoms with Crippen LogP contribution in [-0.2, 0) is 9.53 Å². The molecule has 0 unspecified atom stereocenters. The van der Waals surface area contributed by atoms with Crippen molar-refractivity contribution in [3.8, 4) is 0 Å². The van der Waals surface area contributed by atoms with Crippen molar-refractivity contribution >= 4 is 17.6 Å². The summed E-state index contributed by atoms with van der Waals surface area (Å²) < 4.78 is 4.98. The lowest BCUT2D eigenvalue weighted by atomic mass is 10.0. The van der Waals surface area contributed by atoms with Gasteiger partial charge in [0.15, 0.2) is 6.61 Å². The molecular formula is C18H20N2O3. The summed E-state index contributed by atoms with van der Waals surface area (Å²) in [7, 11) is 0. The van der Waals surface area contributed by atoms with Gasteiger partial charge in [0.1, 0.15) is 0 Å². The fourth-order valence-corrected chi connectivity index (χ4v) is 2.05. The minimum Gasteiger partial charge on any atom is -0.452 e. The minimum atomic E-state index is -0.545. The number of carbonyl (C=O) groups is 2. The van der Waals surface area contributed by atoms with Gasteiger partial charge in [0.2, 0.25) is 0 Å². The maximum Gasteiger partial charge on any atom is 0.338 e. The zero-order valence-corrected chi connectivity index (χ0v) is 13.0. The Morgan fingerprint density at radius 3 is 2.39 bits per heavy atom. The number of esters is 1. The number of nitrogen functional groups attached to an aromatic ring is 1. The van der Waals surface area contributed by atoms with Gasteiger partial charge in [-0.2, -0.15) is 0 Å². The lowest BCUT2D eigenvalue weighted by Gasteiger charge is -2.13. The van der Waals surface area contributed by atoms with Crippen LogP contribution >= 0.6 is 0 Å². The molecule has 2 aromatic rings. The summed E-state index contributed by atoms with van der Waals surface area (Å²) in [6.45, 7) is 2.21. The van der Waals surface area contributed by atoms with Gasteiger partial charge in [-0.3, -0.25) is 4.79 Å². The highest BCUT2D eigenvalue weighted by atomic mass is 16.5. The first-order valence-corrected chi connectivity index (χ1v) is 7.40. The highest BCUT2D eigenvalue weighted by Gasteiger charge is 2.11. The molecule has 1 atom stereocenters. The second kappa shape index (κ2) is 7.98. The minimum absolute atomic E-state index is 0.188. The number of rotatable bonds is 6. The van der Waals surface area contributed by atoms with E-state index in [1.54, 1.807) is 24.3 Å². The molecule has 0 aliphatic heterocycles. The molecule has 0 aliphatic carbocycles. The van der Waals surface area contributed by atoms with E-state index in [1.807, 2.05) is 37.3 Å².